The molecule has 1 amide bonds. The van der Waals surface area contributed by atoms with E-state index in [9.17, 15) is 14.9 Å². The third kappa shape index (κ3) is 5.21. The summed E-state index contributed by atoms with van der Waals surface area (Å²) in [6, 6.07) is 4.19. The molecule has 0 unspecified atom stereocenters. The molecule has 0 atom stereocenters. The van der Waals surface area contributed by atoms with E-state index in [1.807, 2.05) is 0 Å². The van der Waals surface area contributed by atoms with Crippen molar-refractivity contribution in [3.05, 3.63) is 28.3 Å². The van der Waals surface area contributed by atoms with Crippen LogP contribution in [0.15, 0.2) is 18.2 Å². The van der Waals surface area contributed by atoms with Crippen LogP contribution in [0.5, 0.6) is 5.75 Å². The fourth-order valence-electron chi connectivity index (χ4n) is 2.91. The Hall–Kier alpha value is -2.15. The minimum absolute atomic E-state index is 0.0697. The first-order valence-electron chi connectivity index (χ1n) is 8.06. The first kappa shape index (κ1) is 17.2. The van der Waals surface area contributed by atoms with Crippen LogP contribution in [0.1, 0.15) is 32.1 Å². The fourth-order valence-corrected chi connectivity index (χ4v) is 2.91. The van der Waals surface area contributed by atoms with Crippen molar-refractivity contribution in [3.8, 4) is 5.75 Å². The minimum Gasteiger partial charge on any atom is -0.495 e. The maximum atomic E-state index is 12.3. The second kappa shape index (κ2) is 8.47. The molecule has 0 bridgehead atoms. The Kier molecular flexibility index (Phi) is 6.34. The number of ether oxygens (including phenoxy) is 1. The van der Waals surface area contributed by atoms with Gasteiger partial charge in [-0.3, -0.25) is 14.9 Å². The smallest absolute Gasteiger partial charge is 0.279 e. The molecule has 1 saturated heterocycles. The van der Waals surface area contributed by atoms with E-state index in [0.29, 0.717) is 18.0 Å². The second-order valence-electron chi connectivity index (χ2n) is 5.88. The molecule has 7 nitrogen and oxygen atoms in total. The summed E-state index contributed by atoms with van der Waals surface area (Å²) < 4.78 is 5.16. The summed E-state index contributed by atoms with van der Waals surface area (Å²) in [6.45, 7) is 2.38. The van der Waals surface area contributed by atoms with Crippen LogP contribution in [0.4, 0.5) is 11.4 Å². The Morgan fingerprint density at radius 2 is 1.91 bits per heavy atom. The molecule has 2 N–H and O–H groups in total. The Balaban J connectivity index is 2.00. The highest BCUT2D eigenvalue weighted by atomic mass is 16.6. The number of hydrogen-bond donors (Lipinski definition) is 2. The monoisotopic (exact) mass is 322 g/mol. The average Bonchev–Trinajstić information content (AvgIpc) is 2.49. The molecule has 126 valence electrons. The van der Waals surface area contributed by atoms with Gasteiger partial charge >= 0.3 is 0 Å². The Labute approximate surface area is 135 Å². The average molecular weight is 322 g/mol. The van der Waals surface area contributed by atoms with Gasteiger partial charge in [-0.15, -0.1) is 0 Å². The lowest BCUT2D eigenvalue weighted by Crippen LogP contribution is -3.13. The Morgan fingerprint density at radius 1 is 1.26 bits per heavy atom. The summed E-state index contributed by atoms with van der Waals surface area (Å²) in [5.41, 5.74) is 0.276. The maximum absolute atomic E-state index is 12.3. The van der Waals surface area contributed by atoms with Gasteiger partial charge < -0.3 is 15.0 Å². The van der Waals surface area contributed by atoms with Gasteiger partial charge in [0.1, 0.15) is 5.75 Å². The van der Waals surface area contributed by atoms with Gasteiger partial charge in [-0.2, -0.15) is 0 Å². The lowest BCUT2D eigenvalue weighted by atomic mass is 10.1. The van der Waals surface area contributed by atoms with Crippen molar-refractivity contribution in [1.82, 2.24) is 0 Å². The van der Waals surface area contributed by atoms with Gasteiger partial charge in [-0.05, 0) is 31.7 Å². The number of nitrogens with one attached hydrogen (secondary N) is 2. The van der Waals surface area contributed by atoms with Crippen LogP contribution in [0.2, 0.25) is 0 Å². The molecule has 1 aromatic carbocycles. The minimum atomic E-state index is -0.487. The number of amides is 1. The van der Waals surface area contributed by atoms with Gasteiger partial charge in [0.2, 0.25) is 0 Å². The number of anilines is 1. The maximum Gasteiger partial charge on any atom is 0.279 e. The van der Waals surface area contributed by atoms with Crippen LogP contribution < -0.4 is 15.0 Å². The van der Waals surface area contributed by atoms with Gasteiger partial charge in [0, 0.05) is 12.1 Å². The zero-order chi connectivity index (χ0) is 16.7. The molecule has 0 aromatic heterocycles. The predicted molar refractivity (Wildman–Crippen MR) is 86.9 cm³/mol. The third-order valence-electron chi connectivity index (χ3n) is 4.14. The zero-order valence-corrected chi connectivity index (χ0v) is 13.5. The standard InChI is InChI=1S/C16H23N3O4/c1-23-15-8-7-13(19(21)22)11-14(15)17-16(20)12-18-9-5-3-2-4-6-10-18/h7-8,11H,2-6,9-10,12H2,1H3,(H,17,20)/p+1. The Morgan fingerprint density at radius 3 is 2.52 bits per heavy atom. The number of nitro groups is 1. The number of nitrogens with zero attached hydrogens (tertiary/aromatic N) is 1. The molecule has 2 rings (SSSR count). The molecule has 0 aliphatic carbocycles. The summed E-state index contributed by atoms with van der Waals surface area (Å²) in [5, 5.41) is 13.6. The van der Waals surface area contributed by atoms with E-state index in [-0.39, 0.29) is 11.6 Å². The summed E-state index contributed by atoms with van der Waals surface area (Å²) in [6.07, 6.45) is 6.02. The Bertz CT molecular complexity index is 554. The first-order valence-corrected chi connectivity index (χ1v) is 8.06. The number of methoxy groups -OCH3 is 1. The SMILES string of the molecule is COc1ccc([N+](=O)[O-])cc1NC(=O)C[NH+]1CCCCCCC1. The van der Waals surface area contributed by atoms with E-state index in [4.69, 9.17) is 4.74 Å². The molecule has 1 aromatic rings. The molecule has 0 spiro atoms. The van der Waals surface area contributed by atoms with Crippen LogP contribution in [0.3, 0.4) is 0 Å². The number of carbonyl (C=O) groups is 1. The van der Waals surface area contributed by atoms with Gasteiger partial charge in [0.15, 0.2) is 6.54 Å². The third-order valence-corrected chi connectivity index (χ3v) is 4.14. The number of nitro benzene ring substituents is 1. The van der Waals surface area contributed by atoms with Crippen molar-refractivity contribution < 1.29 is 19.4 Å². The fraction of sp³-hybridized carbons (Fsp3) is 0.562. The molecular weight excluding hydrogens is 298 g/mol. The van der Waals surface area contributed by atoms with E-state index >= 15 is 0 Å². The normalized spacial score (nSPS) is 16.2. The molecule has 1 heterocycles. The van der Waals surface area contributed by atoms with Crippen molar-refractivity contribution in [1.29, 1.82) is 0 Å². The van der Waals surface area contributed by atoms with E-state index in [1.165, 1.54) is 49.5 Å². The largest absolute Gasteiger partial charge is 0.495 e. The molecule has 1 aliphatic heterocycles. The summed E-state index contributed by atoms with van der Waals surface area (Å²) in [5.74, 6) is 0.283. The molecule has 0 saturated carbocycles. The number of hydrogen-bond acceptors (Lipinski definition) is 4. The van der Waals surface area contributed by atoms with Crippen LogP contribution in [-0.2, 0) is 4.79 Å². The lowest BCUT2D eigenvalue weighted by Gasteiger charge is -2.21. The number of benzene rings is 1. The quantitative estimate of drug-likeness (QED) is 0.633. The molecule has 1 aliphatic rings. The van der Waals surface area contributed by atoms with E-state index in [0.717, 1.165) is 25.9 Å². The zero-order valence-electron chi connectivity index (χ0n) is 13.5. The number of non-ortho nitro benzene ring substituents is 1. The van der Waals surface area contributed by atoms with Gasteiger partial charge in [0.25, 0.3) is 11.6 Å². The highest BCUT2D eigenvalue weighted by Gasteiger charge is 2.18. The van der Waals surface area contributed by atoms with Crippen LogP contribution in [0, 0.1) is 10.1 Å². The van der Waals surface area contributed by atoms with E-state index in [1.54, 1.807) is 0 Å². The first-order chi connectivity index (χ1) is 11.1. The van der Waals surface area contributed by atoms with Gasteiger partial charge in [-0.1, -0.05) is 6.42 Å². The topological polar surface area (TPSA) is 85.9 Å². The summed E-state index contributed by atoms with van der Waals surface area (Å²) >= 11 is 0. The molecular formula is C16H24N3O4+. The van der Waals surface area contributed by atoms with Gasteiger partial charge in [-0.25, -0.2) is 0 Å². The van der Waals surface area contributed by atoms with E-state index < -0.39 is 4.92 Å². The van der Waals surface area contributed by atoms with Crippen molar-refractivity contribution >= 4 is 17.3 Å². The van der Waals surface area contributed by atoms with Gasteiger partial charge in [0.05, 0.1) is 30.8 Å². The van der Waals surface area contributed by atoms with Crippen LogP contribution in [-0.4, -0.2) is 37.6 Å². The summed E-state index contributed by atoms with van der Waals surface area (Å²) in [7, 11) is 1.47. The molecule has 7 heteroatoms. The number of likely N-dealkylation sites (tertiary alicyclic amines) is 1. The van der Waals surface area contributed by atoms with Crippen molar-refractivity contribution in [2.24, 2.45) is 0 Å². The van der Waals surface area contributed by atoms with E-state index in [2.05, 4.69) is 5.32 Å². The number of rotatable bonds is 5. The molecule has 1 fully saturated rings. The van der Waals surface area contributed by atoms with Crippen molar-refractivity contribution in [3.63, 3.8) is 0 Å². The molecule has 0 radical (unpaired) electrons. The highest BCUT2D eigenvalue weighted by molar-refractivity contribution is 5.93. The lowest BCUT2D eigenvalue weighted by molar-refractivity contribution is -0.892. The van der Waals surface area contributed by atoms with Crippen molar-refractivity contribution in [2.45, 2.75) is 32.1 Å². The highest BCUT2D eigenvalue weighted by Crippen LogP contribution is 2.28. The van der Waals surface area contributed by atoms with Crippen molar-refractivity contribution in [2.75, 3.05) is 32.1 Å². The summed E-state index contributed by atoms with van der Waals surface area (Å²) in [4.78, 5) is 23.9. The van der Waals surface area contributed by atoms with Crippen LogP contribution in [0.25, 0.3) is 0 Å². The predicted octanol–water partition coefficient (Wildman–Crippen LogP) is 1.39. The number of carbonyl (C=O) groups excluding carboxylic acids is 1. The van der Waals surface area contributed by atoms with Crippen LogP contribution >= 0.6 is 0 Å². The number of quaternary nitrogens is 1. The molecule has 23 heavy (non-hydrogen) atoms. The second-order valence-corrected chi connectivity index (χ2v) is 5.88.